The number of hydrogen-bond donors (Lipinski definition) is 1. The molecular weight excluding hydrogens is 384 g/mol. The van der Waals surface area contributed by atoms with E-state index < -0.39 is 10.8 Å². The summed E-state index contributed by atoms with van der Waals surface area (Å²) in [7, 11) is 0. The standard InChI is InChI=1S/C20H17ClN2O5/c1-13-2-8-19(17(10-13)23(25)26)27-12-20(24)22-11-16-7-9-18(28-16)14-3-5-15(21)6-4-14/h2-10H,11-12H2,1H3,(H,22,24). The summed E-state index contributed by atoms with van der Waals surface area (Å²) >= 11 is 5.87. The second-order valence-electron chi connectivity index (χ2n) is 6.07. The Morgan fingerprint density at radius 2 is 1.93 bits per heavy atom. The van der Waals surface area contributed by atoms with E-state index in [4.69, 9.17) is 20.8 Å². The van der Waals surface area contributed by atoms with Gasteiger partial charge in [-0.1, -0.05) is 17.7 Å². The second kappa shape index (κ2) is 8.58. The van der Waals surface area contributed by atoms with E-state index in [1.165, 1.54) is 12.1 Å². The molecule has 0 atom stereocenters. The van der Waals surface area contributed by atoms with Crippen LogP contribution in [0.5, 0.6) is 5.75 Å². The van der Waals surface area contributed by atoms with Crippen molar-refractivity contribution in [3.8, 4) is 17.1 Å². The van der Waals surface area contributed by atoms with Gasteiger partial charge in [-0.25, -0.2) is 0 Å². The lowest BCUT2D eigenvalue weighted by Crippen LogP contribution is -2.28. The minimum atomic E-state index is -0.540. The zero-order chi connectivity index (χ0) is 20.1. The average Bonchev–Trinajstić information content (AvgIpc) is 3.15. The number of nitro groups is 1. The monoisotopic (exact) mass is 400 g/mol. The molecule has 1 amide bonds. The fourth-order valence-corrected chi connectivity index (χ4v) is 2.64. The maximum Gasteiger partial charge on any atom is 0.311 e. The molecule has 144 valence electrons. The number of benzene rings is 2. The number of furan rings is 1. The molecular formula is C20H17ClN2O5. The van der Waals surface area contributed by atoms with Gasteiger partial charge in [-0.15, -0.1) is 0 Å². The number of nitrogens with zero attached hydrogens (tertiary/aromatic N) is 1. The highest BCUT2D eigenvalue weighted by atomic mass is 35.5. The number of amides is 1. The fourth-order valence-electron chi connectivity index (χ4n) is 2.51. The number of ether oxygens (including phenoxy) is 1. The van der Waals surface area contributed by atoms with Gasteiger partial charge in [-0.05, 0) is 55.0 Å². The molecule has 0 fully saturated rings. The van der Waals surface area contributed by atoms with E-state index in [1.54, 1.807) is 37.3 Å². The molecule has 28 heavy (non-hydrogen) atoms. The predicted octanol–water partition coefficient (Wildman–Crippen LogP) is 4.51. The smallest absolute Gasteiger partial charge is 0.311 e. The molecule has 2 aromatic carbocycles. The van der Waals surface area contributed by atoms with Gasteiger partial charge in [0.25, 0.3) is 5.91 Å². The molecule has 1 heterocycles. The molecule has 0 spiro atoms. The molecule has 1 N–H and O–H groups in total. The first kappa shape index (κ1) is 19.4. The van der Waals surface area contributed by atoms with Gasteiger partial charge < -0.3 is 14.5 Å². The Bertz CT molecular complexity index is 998. The van der Waals surface area contributed by atoms with E-state index >= 15 is 0 Å². The summed E-state index contributed by atoms with van der Waals surface area (Å²) in [5, 5.41) is 14.4. The summed E-state index contributed by atoms with van der Waals surface area (Å²) in [4.78, 5) is 22.5. The number of aryl methyl sites for hydroxylation is 1. The maximum absolute atomic E-state index is 12.0. The molecule has 0 bridgehead atoms. The van der Waals surface area contributed by atoms with Gasteiger partial charge in [0.05, 0.1) is 11.5 Å². The van der Waals surface area contributed by atoms with E-state index in [0.29, 0.717) is 16.5 Å². The SMILES string of the molecule is Cc1ccc(OCC(=O)NCc2ccc(-c3ccc(Cl)cc3)o2)c([N+](=O)[O-])c1. The van der Waals surface area contributed by atoms with Crippen LogP contribution in [0.3, 0.4) is 0 Å². The molecule has 0 radical (unpaired) electrons. The van der Waals surface area contributed by atoms with E-state index in [1.807, 2.05) is 12.1 Å². The summed E-state index contributed by atoms with van der Waals surface area (Å²) in [6.45, 7) is 1.57. The predicted molar refractivity (Wildman–Crippen MR) is 104 cm³/mol. The van der Waals surface area contributed by atoms with Crippen molar-refractivity contribution in [2.45, 2.75) is 13.5 Å². The van der Waals surface area contributed by atoms with E-state index in [2.05, 4.69) is 5.32 Å². The zero-order valence-corrected chi connectivity index (χ0v) is 15.7. The van der Waals surface area contributed by atoms with Gasteiger partial charge in [0.1, 0.15) is 11.5 Å². The van der Waals surface area contributed by atoms with E-state index in [9.17, 15) is 14.9 Å². The molecule has 0 aliphatic carbocycles. The molecule has 0 aliphatic heterocycles. The first-order chi connectivity index (χ1) is 13.4. The third-order valence-electron chi connectivity index (χ3n) is 3.92. The van der Waals surface area contributed by atoms with Gasteiger partial charge in [-0.3, -0.25) is 14.9 Å². The zero-order valence-electron chi connectivity index (χ0n) is 15.0. The van der Waals surface area contributed by atoms with Gasteiger partial charge in [-0.2, -0.15) is 0 Å². The summed E-state index contributed by atoms with van der Waals surface area (Å²) in [5.74, 6) is 0.861. The van der Waals surface area contributed by atoms with Crippen LogP contribution >= 0.6 is 11.6 Å². The Hall–Kier alpha value is -3.32. The van der Waals surface area contributed by atoms with Gasteiger partial charge in [0.15, 0.2) is 12.4 Å². The van der Waals surface area contributed by atoms with Crippen LogP contribution in [0.15, 0.2) is 59.0 Å². The number of carbonyl (C=O) groups is 1. The summed E-state index contributed by atoms with van der Waals surface area (Å²) in [5.41, 5.74) is 1.43. The molecule has 0 saturated carbocycles. The molecule has 8 heteroatoms. The molecule has 7 nitrogen and oxygen atoms in total. The maximum atomic E-state index is 12.0. The van der Waals surface area contributed by atoms with Crippen molar-refractivity contribution in [3.63, 3.8) is 0 Å². The summed E-state index contributed by atoms with van der Waals surface area (Å²) in [6, 6.07) is 15.3. The van der Waals surface area contributed by atoms with E-state index in [0.717, 1.165) is 11.1 Å². The second-order valence-corrected chi connectivity index (χ2v) is 6.50. The fraction of sp³-hybridized carbons (Fsp3) is 0.150. The molecule has 0 unspecified atom stereocenters. The highest BCUT2D eigenvalue weighted by molar-refractivity contribution is 6.30. The van der Waals surface area contributed by atoms with Crippen LogP contribution in [0, 0.1) is 17.0 Å². The molecule has 0 saturated heterocycles. The van der Waals surface area contributed by atoms with E-state index in [-0.39, 0.29) is 24.6 Å². The number of hydrogen-bond acceptors (Lipinski definition) is 5. The highest BCUT2D eigenvalue weighted by Gasteiger charge is 2.16. The first-order valence-corrected chi connectivity index (χ1v) is 8.79. The number of rotatable bonds is 7. The van der Waals surface area contributed by atoms with Gasteiger partial charge >= 0.3 is 5.69 Å². The van der Waals surface area contributed by atoms with Crippen molar-refractivity contribution in [2.24, 2.45) is 0 Å². The van der Waals surface area contributed by atoms with Crippen LogP contribution < -0.4 is 10.1 Å². The average molecular weight is 401 g/mol. The van der Waals surface area contributed by atoms with Crippen molar-refractivity contribution in [2.75, 3.05) is 6.61 Å². The van der Waals surface area contributed by atoms with Gasteiger partial charge in [0.2, 0.25) is 0 Å². The lowest BCUT2D eigenvalue weighted by atomic mass is 10.2. The molecule has 0 aliphatic rings. The normalized spacial score (nSPS) is 10.5. The number of carbonyl (C=O) groups excluding carboxylic acids is 1. The Morgan fingerprint density at radius 1 is 1.18 bits per heavy atom. The third-order valence-corrected chi connectivity index (χ3v) is 4.17. The van der Waals surface area contributed by atoms with Crippen molar-refractivity contribution in [1.29, 1.82) is 0 Å². The van der Waals surface area contributed by atoms with Crippen LogP contribution in [-0.2, 0) is 11.3 Å². The Morgan fingerprint density at radius 3 is 2.64 bits per heavy atom. The number of nitro benzene ring substituents is 1. The quantitative estimate of drug-likeness (QED) is 0.465. The largest absolute Gasteiger partial charge is 0.477 e. The van der Waals surface area contributed by atoms with Crippen LogP contribution in [0.4, 0.5) is 5.69 Å². The Kier molecular flexibility index (Phi) is 5.96. The Balaban J connectivity index is 1.54. The minimum Gasteiger partial charge on any atom is -0.477 e. The first-order valence-electron chi connectivity index (χ1n) is 8.41. The minimum absolute atomic E-state index is 0.0498. The third kappa shape index (κ3) is 4.89. The van der Waals surface area contributed by atoms with Crippen molar-refractivity contribution in [3.05, 3.63) is 81.1 Å². The van der Waals surface area contributed by atoms with Crippen LogP contribution in [-0.4, -0.2) is 17.4 Å². The lowest BCUT2D eigenvalue weighted by molar-refractivity contribution is -0.385. The molecule has 1 aromatic heterocycles. The number of nitrogens with one attached hydrogen (secondary N) is 1. The number of halogens is 1. The summed E-state index contributed by atoms with van der Waals surface area (Å²) in [6.07, 6.45) is 0. The van der Waals surface area contributed by atoms with Crippen LogP contribution in [0.1, 0.15) is 11.3 Å². The molecule has 3 aromatic rings. The van der Waals surface area contributed by atoms with Crippen molar-refractivity contribution < 1.29 is 18.9 Å². The van der Waals surface area contributed by atoms with Gasteiger partial charge in [0, 0.05) is 16.7 Å². The summed E-state index contributed by atoms with van der Waals surface area (Å²) < 4.78 is 11.0. The molecule has 3 rings (SSSR count). The van der Waals surface area contributed by atoms with Crippen LogP contribution in [0.25, 0.3) is 11.3 Å². The topological polar surface area (TPSA) is 94.6 Å². The Labute approximate surface area is 166 Å². The van der Waals surface area contributed by atoms with Crippen molar-refractivity contribution in [1.82, 2.24) is 5.32 Å². The van der Waals surface area contributed by atoms with Crippen molar-refractivity contribution >= 4 is 23.2 Å². The lowest BCUT2D eigenvalue weighted by Gasteiger charge is -2.07. The highest BCUT2D eigenvalue weighted by Crippen LogP contribution is 2.27. The van der Waals surface area contributed by atoms with Crippen LogP contribution in [0.2, 0.25) is 5.02 Å².